The van der Waals surface area contributed by atoms with Crippen molar-refractivity contribution in [3.05, 3.63) is 163 Å². The Hall–Kier alpha value is -5.67. The molecule has 0 radical (unpaired) electrons. The van der Waals surface area contributed by atoms with Gasteiger partial charge in [-0.05, 0) is 136 Å². The third-order valence-electron chi connectivity index (χ3n) is 15.7. The Morgan fingerprint density at radius 3 is 1.71 bits per heavy atom. The van der Waals surface area contributed by atoms with E-state index in [1.54, 1.807) is 11.1 Å². The summed E-state index contributed by atoms with van der Waals surface area (Å²) in [7, 11) is 0. The quantitative estimate of drug-likeness (QED) is 0.176. The van der Waals surface area contributed by atoms with Gasteiger partial charge in [0.1, 0.15) is 0 Å². The fraction of sp³-hybridized carbons (Fsp3) is 0.291. The fourth-order valence-electron chi connectivity index (χ4n) is 13.5. The Balaban J connectivity index is 0.946. The Morgan fingerprint density at radius 2 is 0.931 bits per heavy atom. The number of hydrogen-bond acceptors (Lipinski definition) is 3. The van der Waals surface area contributed by atoms with Crippen LogP contribution < -0.4 is 0 Å². The molecule has 0 saturated heterocycles. The molecule has 284 valence electrons. The van der Waals surface area contributed by atoms with Crippen LogP contribution in [0.5, 0.6) is 0 Å². The van der Waals surface area contributed by atoms with E-state index in [2.05, 4.69) is 147 Å². The largest absolute Gasteiger partial charge is 0.208 e. The molecule has 0 amide bonds. The molecule has 1 aromatic heterocycles. The average molecular weight is 752 g/mol. The topological polar surface area (TPSA) is 38.7 Å². The molecular formula is C55H49N3. The zero-order valence-electron chi connectivity index (χ0n) is 33.4. The first-order valence-corrected chi connectivity index (χ1v) is 21.9. The molecular weight excluding hydrogens is 703 g/mol. The minimum atomic E-state index is 0.120. The van der Waals surface area contributed by atoms with Gasteiger partial charge in [0.15, 0.2) is 17.5 Å². The lowest BCUT2D eigenvalue weighted by Crippen LogP contribution is -2.63. The molecule has 12 rings (SSSR count). The van der Waals surface area contributed by atoms with Crippen molar-refractivity contribution in [3.63, 3.8) is 0 Å². The third-order valence-corrected chi connectivity index (χ3v) is 15.7. The van der Waals surface area contributed by atoms with Crippen molar-refractivity contribution in [1.29, 1.82) is 0 Å². The lowest BCUT2D eigenvalue weighted by atomic mass is 9.36. The highest BCUT2D eigenvalue weighted by atomic mass is 15.0. The minimum absolute atomic E-state index is 0.120. The summed E-state index contributed by atoms with van der Waals surface area (Å²) in [5.41, 5.74) is 14.2. The summed E-state index contributed by atoms with van der Waals surface area (Å²) in [6.45, 7) is 5.21. The van der Waals surface area contributed by atoms with Crippen LogP contribution in [0.1, 0.15) is 57.1 Å². The van der Waals surface area contributed by atoms with E-state index in [1.165, 1.54) is 59.9 Å². The van der Waals surface area contributed by atoms with Gasteiger partial charge in [-0.3, -0.25) is 0 Å². The summed E-state index contributed by atoms with van der Waals surface area (Å²) in [5.74, 6) is 8.65. The average Bonchev–Trinajstić information content (AvgIpc) is 3.56. The first-order valence-electron chi connectivity index (χ1n) is 21.9. The van der Waals surface area contributed by atoms with Crippen LogP contribution in [0.25, 0.3) is 67.5 Å². The monoisotopic (exact) mass is 751 g/mol. The van der Waals surface area contributed by atoms with Gasteiger partial charge in [-0.25, -0.2) is 15.0 Å². The molecule has 7 aromatic rings. The second kappa shape index (κ2) is 13.2. The van der Waals surface area contributed by atoms with Gasteiger partial charge in [-0.1, -0.05) is 153 Å². The molecule has 9 unspecified atom stereocenters. The SMILES string of the molecule is CC1CC2CC3C(C)CC4CC1C(C2)C3C41c2ccccc2-c2ccc(-c3ccc(-c4nc(-c5ccccc5)nc(-c5cccc(-c6ccccc6)c5)n4)cc3)cc21. The van der Waals surface area contributed by atoms with Crippen LogP contribution in [0.3, 0.4) is 0 Å². The van der Waals surface area contributed by atoms with Gasteiger partial charge in [-0.2, -0.15) is 0 Å². The highest BCUT2D eigenvalue weighted by molar-refractivity contribution is 5.85. The number of hydrogen-bond donors (Lipinski definition) is 0. The number of rotatable bonds is 5. The lowest BCUT2D eigenvalue weighted by molar-refractivity contribution is -0.145. The Labute approximate surface area is 342 Å². The molecule has 6 aromatic carbocycles. The molecule has 0 aliphatic heterocycles. The molecule has 3 nitrogen and oxygen atoms in total. The molecule has 5 aliphatic rings. The standard InChI is InChI=1S/C55H49N3/c1-33-26-35-28-47-34(2)27-43-32-46(33)48(29-35)51(47)55(43)49-19-10-9-18-44(49)45-25-24-41(31-50(45)55)37-20-22-39(23-21-37)53-56-52(38-14-7-4-8-15-38)57-54(58-53)42-17-11-16-40(30-42)36-12-5-3-6-13-36/h3-25,30-31,33-35,43,46-48,51H,26-29,32H2,1-2H3. The summed E-state index contributed by atoms with van der Waals surface area (Å²) in [6, 6.07) is 55.3. The lowest BCUT2D eigenvalue weighted by Gasteiger charge is -2.68. The van der Waals surface area contributed by atoms with Crippen LogP contribution in [0, 0.1) is 47.3 Å². The summed E-state index contributed by atoms with van der Waals surface area (Å²) < 4.78 is 0. The van der Waals surface area contributed by atoms with Crippen LogP contribution in [-0.2, 0) is 5.41 Å². The smallest absolute Gasteiger partial charge is 0.164 e. The van der Waals surface area contributed by atoms with Gasteiger partial charge in [0.05, 0.1) is 0 Å². The van der Waals surface area contributed by atoms with E-state index in [9.17, 15) is 0 Å². The van der Waals surface area contributed by atoms with Crippen molar-refractivity contribution >= 4 is 0 Å². The number of aromatic nitrogens is 3. The normalized spacial score (nSPS) is 28.6. The van der Waals surface area contributed by atoms with Crippen molar-refractivity contribution in [1.82, 2.24) is 15.0 Å². The molecule has 3 heteroatoms. The molecule has 1 heterocycles. The van der Waals surface area contributed by atoms with E-state index in [0.717, 1.165) is 63.7 Å². The summed E-state index contributed by atoms with van der Waals surface area (Å²) in [6.07, 6.45) is 7.13. The molecule has 5 aliphatic carbocycles. The van der Waals surface area contributed by atoms with E-state index in [0.29, 0.717) is 23.4 Å². The summed E-state index contributed by atoms with van der Waals surface area (Å²) in [5, 5.41) is 0. The van der Waals surface area contributed by atoms with E-state index < -0.39 is 0 Å². The number of nitrogens with zero attached hydrogens (tertiary/aromatic N) is 3. The molecule has 58 heavy (non-hydrogen) atoms. The Bertz CT molecular complexity index is 2690. The summed E-state index contributed by atoms with van der Waals surface area (Å²) >= 11 is 0. The van der Waals surface area contributed by atoms with Gasteiger partial charge >= 0.3 is 0 Å². The van der Waals surface area contributed by atoms with Crippen LogP contribution in [0.2, 0.25) is 0 Å². The van der Waals surface area contributed by atoms with Gasteiger partial charge in [0.25, 0.3) is 0 Å². The maximum atomic E-state index is 5.13. The zero-order valence-corrected chi connectivity index (χ0v) is 33.4. The maximum absolute atomic E-state index is 5.13. The van der Waals surface area contributed by atoms with Gasteiger partial charge in [0.2, 0.25) is 0 Å². The molecule has 1 spiro atoms. The molecule has 4 bridgehead atoms. The third kappa shape index (κ3) is 5.14. The minimum Gasteiger partial charge on any atom is -0.208 e. The van der Waals surface area contributed by atoms with Gasteiger partial charge < -0.3 is 0 Å². The predicted molar refractivity (Wildman–Crippen MR) is 236 cm³/mol. The second-order valence-electron chi connectivity index (χ2n) is 18.6. The van der Waals surface area contributed by atoms with E-state index in [1.807, 2.05) is 18.2 Å². The Kier molecular flexibility index (Phi) is 7.81. The van der Waals surface area contributed by atoms with Crippen LogP contribution in [0.15, 0.2) is 152 Å². The molecule has 0 N–H and O–H groups in total. The maximum Gasteiger partial charge on any atom is 0.164 e. The van der Waals surface area contributed by atoms with Crippen molar-refractivity contribution in [2.45, 2.75) is 51.4 Å². The van der Waals surface area contributed by atoms with Crippen molar-refractivity contribution < 1.29 is 0 Å². The first-order chi connectivity index (χ1) is 28.5. The van der Waals surface area contributed by atoms with E-state index in [-0.39, 0.29) is 5.41 Å². The predicted octanol–water partition coefficient (Wildman–Crippen LogP) is 13.4. The highest BCUT2D eigenvalue weighted by Gasteiger charge is 2.67. The second-order valence-corrected chi connectivity index (χ2v) is 18.6. The van der Waals surface area contributed by atoms with Gasteiger partial charge in [0, 0.05) is 22.1 Å². The van der Waals surface area contributed by atoms with Crippen LogP contribution in [0.4, 0.5) is 0 Å². The van der Waals surface area contributed by atoms with Crippen molar-refractivity contribution in [2.24, 2.45) is 47.3 Å². The van der Waals surface area contributed by atoms with E-state index in [4.69, 9.17) is 15.0 Å². The zero-order chi connectivity index (χ0) is 38.5. The van der Waals surface area contributed by atoms with Crippen molar-refractivity contribution in [3.8, 4) is 67.5 Å². The van der Waals surface area contributed by atoms with Crippen LogP contribution >= 0.6 is 0 Å². The Morgan fingerprint density at radius 1 is 0.397 bits per heavy atom. The number of fused-ring (bicyclic) bond motifs is 4. The fourth-order valence-corrected chi connectivity index (χ4v) is 13.5. The molecule has 4 fully saturated rings. The summed E-state index contributed by atoms with van der Waals surface area (Å²) in [4.78, 5) is 15.2. The van der Waals surface area contributed by atoms with Gasteiger partial charge in [-0.15, -0.1) is 0 Å². The number of benzene rings is 6. The molecule has 9 atom stereocenters. The first kappa shape index (κ1) is 34.4. The molecule has 4 saturated carbocycles. The highest BCUT2D eigenvalue weighted by Crippen LogP contribution is 2.73. The van der Waals surface area contributed by atoms with E-state index >= 15 is 0 Å². The van der Waals surface area contributed by atoms with Crippen molar-refractivity contribution in [2.75, 3.05) is 0 Å². The van der Waals surface area contributed by atoms with Crippen LogP contribution in [-0.4, -0.2) is 15.0 Å².